The van der Waals surface area contributed by atoms with Crippen LogP contribution in [0.15, 0.2) is 104 Å². The third-order valence-corrected chi connectivity index (χ3v) is 7.59. The van der Waals surface area contributed by atoms with Gasteiger partial charge in [0.25, 0.3) is 0 Å². The molecule has 0 spiro atoms. The highest BCUT2D eigenvalue weighted by Gasteiger charge is 2.21. The van der Waals surface area contributed by atoms with Gasteiger partial charge >= 0.3 is 0 Å². The lowest BCUT2D eigenvalue weighted by Gasteiger charge is -2.10. The fraction of sp³-hybridized carbons (Fsp3) is 0.216. The Morgan fingerprint density at radius 2 is 1.76 bits per heavy atom. The molecule has 2 aromatic carbocycles. The van der Waals surface area contributed by atoms with Gasteiger partial charge < -0.3 is 5.73 Å². The highest BCUT2D eigenvalue weighted by molar-refractivity contribution is 7.26. The SMILES string of the molecule is C1=CCCC=C1.C=C/C=C\C=c1\c2c3sc4ccc(C(/C=C\C)=C/CC)cc4c3cc3nc(N)n1c32.C=CC.CC. The molecule has 0 atom stereocenters. The molecule has 6 rings (SSSR count). The molecule has 0 amide bonds. The normalized spacial score (nSPS) is 13.6. The zero-order valence-corrected chi connectivity index (χ0v) is 26.0. The van der Waals surface area contributed by atoms with Gasteiger partial charge in [-0.3, -0.25) is 4.40 Å². The number of rotatable bonds is 5. The van der Waals surface area contributed by atoms with Crippen LogP contribution in [0.5, 0.6) is 0 Å². The zero-order valence-electron chi connectivity index (χ0n) is 25.2. The van der Waals surface area contributed by atoms with E-state index >= 15 is 0 Å². The Morgan fingerprint density at radius 3 is 2.34 bits per heavy atom. The van der Waals surface area contributed by atoms with Gasteiger partial charge in [0.15, 0.2) is 0 Å². The Balaban J connectivity index is 0.000000359. The van der Waals surface area contributed by atoms with E-state index < -0.39 is 0 Å². The molecule has 0 saturated heterocycles. The van der Waals surface area contributed by atoms with Crippen LogP contribution in [-0.2, 0) is 0 Å². The molecule has 0 unspecified atom stereocenters. The Kier molecular flexibility index (Phi) is 11.9. The van der Waals surface area contributed by atoms with Crippen molar-refractivity contribution in [2.75, 3.05) is 5.73 Å². The number of hydrogen-bond donors (Lipinski definition) is 1. The highest BCUT2D eigenvalue weighted by atomic mass is 32.1. The molecule has 1 aliphatic carbocycles. The van der Waals surface area contributed by atoms with Gasteiger partial charge in [-0.05, 0) is 68.5 Å². The van der Waals surface area contributed by atoms with E-state index in [0.29, 0.717) is 5.95 Å². The monoisotopic (exact) mass is 561 g/mol. The first kappa shape index (κ1) is 31.4. The second kappa shape index (κ2) is 15.6. The van der Waals surface area contributed by atoms with Gasteiger partial charge in [-0.2, -0.15) is 0 Å². The molecule has 3 nitrogen and oxygen atoms in total. The maximum absolute atomic E-state index is 6.22. The smallest absolute Gasteiger partial charge is 0.205 e. The molecule has 0 fully saturated rings. The van der Waals surface area contributed by atoms with E-state index in [9.17, 15) is 0 Å². The topological polar surface area (TPSA) is 43.3 Å². The molecule has 41 heavy (non-hydrogen) atoms. The lowest BCUT2D eigenvalue weighted by atomic mass is 10.0. The van der Waals surface area contributed by atoms with Crippen LogP contribution in [0.4, 0.5) is 5.95 Å². The van der Waals surface area contributed by atoms with Crippen LogP contribution < -0.4 is 11.1 Å². The summed E-state index contributed by atoms with van der Waals surface area (Å²) in [5.74, 6) is 0.541. The van der Waals surface area contributed by atoms with Crippen LogP contribution in [0, 0.1) is 0 Å². The lowest BCUT2D eigenvalue weighted by molar-refractivity contribution is 1.04. The van der Waals surface area contributed by atoms with Crippen molar-refractivity contribution in [3.05, 3.63) is 115 Å². The van der Waals surface area contributed by atoms with Crippen LogP contribution in [-0.4, -0.2) is 9.38 Å². The van der Waals surface area contributed by atoms with Crippen molar-refractivity contribution in [1.82, 2.24) is 9.38 Å². The standard InChI is InChI=1S/C26H23N3S.C6H8.C3H6.C2H6/c1-4-7-8-11-21-23-24-20(28-26(27)29(21)24)15-19-18-14-17(16(9-5-2)10-6-3)12-13-22(18)30-25(19)23;1-2-4-6-5-3-1;1-3-2;1-2/h4-5,7-15H,1,6H2,2-3H3,(H2,27,28);1-4H,5-6H2;3H,1H2,2H3;1-2H3/b8-7-,9-5-,16-10+,21-11-;;;. The van der Waals surface area contributed by atoms with E-state index in [1.54, 1.807) is 12.2 Å². The number of nitrogens with two attached hydrogens (primary N) is 1. The van der Waals surface area contributed by atoms with Crippen LogP contribution >= 0.6 is 11.3 Å². The van der Waals surface area contributed by atoms with Crippen LogP contribution in [0.1, 0.15) is 59.4 Å². The van der Waals surface area contributed by atoms with E-state index in [-0.39, 0.29) is 0 Å². The predicted molar refractivity (Wildman–Crippen MR) is 188 cm³/mol. The average molecular weight is 562 g/mol. The maximum atomic E-state index is 6.22. The number of imidazole rings is 1. The van der Waals surface area contributed by atoms with Crippen LogP contribution in [0.25, 0.3) is 48.2 Å². The van der Waals surface area contributed by atoms with E-state index in [0.717, 1.165) is 22.8 Å². The number of hydrogen-bond acceptors (Lipinski definition) is 3. The van der Waals surface area contributed by atoms with E-state index in [2.05, 4.69) is 105 Å². The molecule has 4 heteroatoms. The Bertz CT molecular complexity index is 1790. The molecule has 3 aromatic heterocycles. The molecule has 0 saturated carbocycles. The number of thiophene rings is 1. The molecule has 1 aliphatic rings. The Hall–Kier alpha value is -4.15. The van der Waals surface area contributed by atoms with Gasteiger partial charge in [0.05, 0.1) is 16.4 Å². The zero-order chi connectivity index (χ0) is 29.8. The van der Waals surface area contributed by atoms with Crippen molar-refractivity contribution in [2.45, 2.75) is 53.9 Å². The number of allylic oxidation sites excluding steroid dienone is 12. The Labute approximate surface area is 249 Å². The number of anilines is 1. The minimum absolute atomic E-state index is 0.541. The van der Waals surface area contributed by atoms with Crippen molar-refractivity contribution >= 4 is 65.5 Å². The third kappa shape index (κ3) is 6.78. The molecule has 212 valence electrons. The highest BCUT2D eigenvalue weighted by Crippen LogP contribution is 2.41. The van der Waals surface area contributed by atoms with E-state index in [1.807, 2.05) is 48.7 Å². The maximum Gasteiger partial charge on any atom is 0.205 e. The summed E-state index contributed by atoms with van der Waals surface area (Å²) in [4.78, 5) is 4.63. The summed E-state index contributed by atoms with van der Waals surface area (Å²) in [5.41, 5.74) is 10.8. The molecule has 5 aromatic rings. The predicted octanol–water partition coefficient (Wildman–Crippen LogP) is 10.6. The van der Waals surface area contributed by atoms with Gasteiger partial charge in [0.2, 0.25) is 5.95 Å². The largest absolute Gasteiger partial charge is 0.369 e. The van der Waals surface area contributed by atoms with Crippen molar-refractivity contribution in [3.63, 3.8) is 0 Å². The summed E-state index contributed by atoms with van der Waals surface area (Å²) >= 11 is 1.84. The molecule has 0 bridgehead atoms. The number of aromatic nitrogens is 2. The van der Waals surface area contributed by atoms with Crippen LogP contribution in [0.2, 0.25) is 0 Å². The number of nitrogen functional groups attached to an aromatic ring is 1. The summed E-state index contributed by atoms with van der Waals surface area (Å²) in [5, 5.41) is 4.87. The third-order valence-electron chi connectivity index (χ3n) is 6.39. The molecule has 0 radical (unpaired) electrons. The average Bonchev–Trinajstić information content (AvgIpc) is 3.50. The second-order valence-corrected chi connectivity index (χ2v) is 10.2. The summed E-state index contributed by atoms with van der Waals surface area (Å²) in [6.45, 7) is 17.2. The van der Waals surface area contributed by atoms with Gasteiger partial charge in [0.1, 0.15) is 0 Å². The van der Waals surface area contributed by atoms with Gasteiger partial charge in [0, 0.05) is 25.6 Å². The fourth-order valence-corrected chi connectivity index (χ4v) is 6.03. The summed E-state index contributed by atoms with van der Waals surface area (Å²) in [6, 6.07) is 8.98. The van der Waals surface area contributed by atoms with Crippen LogP contribution in [0.3, 0.4) is 0 Å². The minimum atomic E-state index is 0.541. The van der Waals surface area contributed by atoms with Gasteiger partial charge in [-0.25, -0.2) is 4.98 Å². The summed E-state index contributed by atoms with van der Waals surface area (Å²) in [7, 11) is 0. The van der Waals surface area contributed by atoms with Crippen molar-refractivity contribution in [1.29, 1.82) is 0 Å². The second-order valence-electron chi connectivity index (χ2n) is 9.20. The lowest BCUT2D eigenvalue weighted by Crippen LogP contribution is -2.21. The first-order valence-corrected chi connectivity index (χ1v) is 15.3. The van der Waals surface area contributed by atoms with Crippen molar-refractivity contribution in [3.8, 4) is 0 Å². The fourth-order valence-electron chi connectivity index (χ4n) is 4.81. The summed E-state index contributed by atoms with van der Waals surface area (Å²) < 4.78 is 4.63. The molecule has 0 aliphatic heterocycles. The number of nitrogens with zero attached hydrogens (tertiary/aromatic N) is 2. The molecular weight excluding hydrogens is 518 g/mol. The summed E-state index contributed by atoms with van der Waals surface area (Å²) in [6.07, 6.45) is 28.1. The first-order chi connectivity index (χ1) is 20.1. The Morgan fingerprint density at radius 1 is 1.05 bits per heavy atom. The first-order valence-electron chi connectivity index (χ1n) is 14.5. The van der Waals surface area contributed by atoms with Gasteiger partial charge in [-0.1, -0.05) is 100 Å². The van der Waals surface area contributed by atoms with Crippen molar-refractivity contribution in [2.24, 2.45) is 0 Å². The van der Waals surface area contributed by atoms with Crippen molar-refractivity contribution < 1.29 is 0 Å². The molecular formula is C37H43N3S. The minimum Gasteiger partial charge on any atom is -0.369 e. The number of benzene rings is 2. The molecule has 3 heterocycles. The molecule has 2 N–H and O–H groups in total. The quantitative estimate of drug-likeness (QED) is 0.171. The van der Waals surface area contributed by atoms with E-state index in [4.69, 9.17) is 5.73 Å². The number of fused-ring (bicyclic) bond motifs is 4. The van der Waals surface area contributed by atoms with Gasteiger partial charge in [-0.15, -0.1) is 17.9 Å². The van der Waals surface area contributed by atoms with E-state index in [1.165, 1.54) is 49.5 Å².